The summed E-state index contributed by atoms with van der Waals surface area (Å²) in [7, 11) is 0. The third-order valence-electron chi connectivity index (χ3n) is 5.33. The van der Waals surface area contributed by atoms with Gasteiger partial charge in [-0.1, -0.05) is 12.1 Å². The van der Waals surface area contributed by atoms with Crippen LogP contribution in [0, 0.1) is 11.7 Å². The van der Waals surface area contributed by atoms with E-state index in [2.05, 4.69) is 4.90 Å². The molecule has 6 heteroatoms. The Morgan fingerprint density at radius 2 is 1.73 bits per heavy atom. The zero-order valence-electron chi connectivity index (χ0n) is 15.2. The molecule has 1 amide bonds. The molecule has 2 fully saturated rings. The van der Waals surface area contributed by atoms with Gasteiger partial charge >= 0.3 is 0 Å². The number of ether oxygens (including phenoxy) is 1. The van der Waals surface area contributed by atoms with Crippen LogP contribution >= 0.6 is 0 Å². The zero-order valence-corrected chi connectivity index (χ0v) is 15.2. The molecule has 0 radical (unpaired) electrons. The Hall–Kier alpha value is -1.79. The van der Waals surface area contributed by atoms with Crippen molar-refractivity contribution in [2.45, 2.75) is 25.7 Å². The topological polar surface area (TPSA) is 49.9 Å². The number of morpholine rings is 1. The van der Waals surface area contributed by atoms with E-state index in [-0.39, 0.29) is 30.1 Å². The van der Waals surface area contributed by atoms with Gasteiger partial charge in [-0.15, -0.1) is 0 Å². The largest absolute Gasteiger partial charge is 0.379 e. The van der Waals surface area contributed by atoms with Crippen LogP contribution in [0.5, 0.6) is 0 Å². The van der Waals surface area contributed by atoms with Gasteiger partial charge in [-0.3, -0.25) is 14.5 Å². The molecule has 0 atom stereocenters. The Balaban J connectivity index is 1.39. The highest BCUT2D eigenvalue weighted by Crippen LogP contribution is 2.20. The van der Waals surface area contributed by atoms with E-state index < -0.39 is 5.82 Å². The molecule has 0 aliphatic carbocycles. The number of Topliss-reactive ketones (excluding diaryl/α,β-unsaturated/α-hetero) is 1. The molecule has 0 aromatic heterocycles. The number of carbonyl (C=O) groups excluding carboxylic acids is 2. The summed E-state index contributed by atoms with van der Waals surface area (Å²) in [6.07, 6.45) is 2.23. The standard InChI is InChI=1S/C20H27FN2O3/c21-18-4-2-1-3-17(18)19(24)5-6-20(25)23-9-7-16(8-10-23)15-22-11-13-26-14-12-22/h1-4,16H,5-15H2. The van der Waals surface area contributed by atoms with Crippen LogP contribution in [0.1, 0.15) is 36.0 Å². The summed E-state index contributed by atoms with van der Waals surface area (Å²) < 4.78 is 19.0. The van der Waals surface area contributed by atoms with Gasteiger partial charge in [-0.05, 0) is 30.9 Å². The molecule has 5 nitrogen and oxygen atoms in total. The minimum atomic E-state index is -0.520. The highest BCUT2D eigenvalue weighted by atomic mass is 19.1. The Morgan fingerprint density at radius 3 is 2.42 bits per heavy atom. The summed E-state index contributed by atoms with van der Waals surface area (Å²) in [5, 5.41) is 0. The highest BCUT2D eigenvalue weighted by Gasteiger charge is 2.25. The SMILES string of the molecule is O=C(CCC(=O)N1CCC(CN2CCOCC2)CC1)c1ccccc1F. The third kappa shape index (κ3) is 5.11. The van der Waals surface area contributed by atoms with Gasteiger partial charge in [0.2, 0.25) is 5.91 Å². The molecular formula is C20H27FN2O3. The van der Waals surface area contributed by atoms with Gasteiger partial charge in [-0.2, -0.15) is 0 Å². The maximum absolute atomic E-state index is 13.6. The lowest BCUT2D eigenvalue weighted by Gasteiger charge is -2.36. The van der Waals surface area contributed by atoms with Gasteiger partial charge in [0.15, 0.2) is 5.78 Å². The van der Waals surface area contributed by atoms with Crippen molar-refractivity contribution >= 4 is 11.7 Å². The number of ketones is 1. The van der Waals surface area contributed by atoms with E-state index in [0.29, 0.717) is 5.92 Å². The van der Waals surface area contributed by atoms with Crippen molar-refractivity contribution in [1.82, 2.24) is 9.80 Å². The summed E-state index contributed by atoms with van der Waals surface area (Å²) in [5.74, 6) is -0.204. The van der Waals surface area contributed by atoms with Gasteiger partial charge in [0.1, 0.15) is 5.82 Å². The average Bonchev–Trinajstić information content (AvgIpc) is 2.67. The predicted molar refractivity (Wildman–Crippen MR) is 96.5 cm³/mol. The first-order valence-corrected chi connectivity index (χ1v) is 9.49. The number of nitrogens with zero attached hydrogens (tertiary/aromatic N) is 2. The fourth-order valence-corrected chi connectivity index (χ4v) is 3.71. The lowest BCUT2D eigenvalue weighted by Crippen LogP contribution is -2.44. The quantitative estimate of drug-likeness (QED) is 0.729. The van der Waals surface area contributed by atoms with Crippen molar-refractivity contribution < 1.29 is 18.7 Å². The smallest absolute Gasteiger partial charge is 0.223 e. The van der Waals surface area contributed by atoms with Gasteiger partial charge in [0.25, 0.3) is 0 Å². The Morgan fingerprint density at radius 1 is 1.04 bits per heavy atom. The van der Waals surface area contributed by atoms with Crippen molar-refractivity contribution in [2.24, 2.45) is 5.92 Å². The summed E-state index contributed by atoms with van der Waals surface area (Å²) in [6.45, 7) is 6.20. The summed E-state index contributed by atoms with van der Waals surface area (Å²) in [6, 6.07) is 5.93. The number of carbonyl (C=O) groups is 2. The average molecular weight is 362 g/mol. The fraction of sp³-hybridized carbons (Fsp3) is 0.600. The van der Waals surface area contributed by atoms with Crippen LogP contribution in [-0.2, 0) is 9.53 Å². The monoisotopic (exact) mass is 362 g/mol. The fourth-order valence-electron chi connectivity index (χ4n) is 3.71. The molecule has 0 N–H and O–H groups in total. The van der Waals surface area contributed by atoms with Crippen LogP contribution in [0.25, 0.3) is 0 Å². The third-order valence-corrected chi connectivity index (χ3v) is 5.33. The molecule has 0 unspecified atom stereocenters. The first-order valence-electron chi connectivity index (χ1n) is 9.49. The van der Waals surface area contributed by atoms with Crippen molar-refractivity contribution in [3.05, 3.63) is 35.6 Å². The molecular weight excluding hydrogens is 335 g/mol. The number of benzene rings is 1. The van der Waals surface area contributed by atoms with Gasteiger partial charge < -0.3 is 9.64 Å². The first-order chi connectivity index (χ1) is 12.6. The predicted octanol–water partition coefficient (Wildman–Crippen LogP) is 2.36. The summed E-state index contributed by atoms with van der Waals surface area (Å²) >= 11 is 0. The van der Waals surface area contributed by atoms with E-state index in [1.165, 1.54) is 12.1 Å². The van der Waals surface area contributed by atoms with Crippen LogP contribution in [0.4, 0.5) is 4.39 Å². The molecule has 0 spiro atoms. The lowest BCUT2D eigenvalue weighted by atomic mass is 9.95. The molecule has 2 aliphatic rings. The Kier molecular flexibility index (Phi) is 6.74. The molecule has 0 saturated carbocycles. The molecule has 1 aromatic rings. The zero-order chi connectivity index (χ0) is 18.4. The van der Waals surface area contributed by atoms with Crippen LogP contribution in [-0.4, -0.2) is 67.4 Å². The number of likely N-dealkylation sites (tertiary alicyclic amines) is 1. The van der Waals surface area contributed by atoms with E-state index in [1.807, 2.05) is 4.90 Å². The molecule has 3 rings (SSSR count). The normalized spacial score (nSPS) is 19.5. The highest BCUT2D eigenvalue weighted by molar-refractivity contribution is 5.98. The minimum Gasteiger partial charge on any atom is -0.379 e. The van der Waals surface area contributed by atoms with Crippen molar-refractivity contribution in [2.75, 3.05) is 45.9 Å². The van der Waals surface area contributed by atoms with Crippen LogP contribution in [0.15, 0.2) is 24.3 Å². The maximum atomic E-state index is 13.6. The van der Waals surface area contributed by atoms with Crippen LogP contribution in [0.3, 0.4) is 0 Å². The first kappa shape index (κ1) is 19.0. The maximum Gasteiger partial charge on any atom is 0.223 e. The number of amides is 1. The molecule has 1 aromatic carbocycles. The van der Waals surface area contributed by atoms with E-state index in [0.717, 1.165) is 58.8 Å². The van der Waals surface area contributed by atoms with Gasteiger partial charge in [0, 0.05) is 45.6 Å². The molecule has 142 valence electrons. The van der Waals surface area contributed by atoms with Crippen LogP contribution in [0.2, 0.25) is 0 Å². The van der Waals surface area contributed by atoms with Crippen molar-refractivity contribution in [1.29, 1.82) is 0 Å². The molecule has 2 saturated heterocycles. The van der Waals surface area contributed by atoms with Gasteiger partial charge in [0.05, 0.1) is 18.8 Å². The number of halogens is 1. The van der Waals surface area contributed by atoms with Gasteiger partial charge in [-0.25, -0.2) is 4.39 Å². The number of hydrogen-bond acceptors (Lipinski definition) is 4. The number of piperidine rings is 1. The van der Waals surface area contributed by atoms with E-state index in [9.17, 15) is 14.0 Å². The van der Waals surface area contributed by atoms with Crippen LogP contribution < -0.4 is 0 Å². The molecule has 26 heavy (non-hydrogen) atoms. The second-order valence-corrected chi connectivity index (χ2v) is 7.14. The second kappa shape index (κ2) is 9.24. The second-order valence-electron chi connectivity index (χ2n) is 7.14. The van der Waals surface area contributed by atoms with E-state index in [4.69, 9.17) is 4.74 Å². The minimum absolute atomic E-state index is 0.000452. The van der Waals surface area contributed by atoms with E-state index >= 15 is 0 Å². The van der Waals surface area contributed by atoms with Crippen molar-refractivity contribution in [3.8, 4) is 0 Å². The molecule has 2 heterocycles. The van der Waals surface area contributed by atoms with Crippen molar-refractivity contribution in [3.63, 3.8) is 0 Å². The lowest BCUT2D eigenvalue weighted by molar-refractivity contribution is -0.132. The number of hydrogen-bond donors (Lipinski definition) is 0. The molecule has 0 bridgehead atoms. The Labute approximate surface area is 154 Å². The Bertz CT molecular complexity index is 623. The summed E-state index contributed by atoms with van der Waals surface area (Å²) in [5.41, 5.74) is 0.0736. The summed E-state index contributed by atoms with van der Waals surface area (Å²) in [4.78, 5) is 28.8. The van der Waals surface area contributed by atoms with E-state index in [1.54, 1.807) is 12.1 Å². The molecule has 2 aliphatic heterocycles. The number of rotatable bonds is 6.